The second kappa shape index (κ2) is 10.4. The van der Waals surface area contributed by atoms with E-state index < -0.39 is 0 Å². The van der Waals surface area contributed by atoms with Crippen LogP contribution in [0.25, 0.3) is 0 Å². The molecule has 1 aromatic rings. The zero-order valence-electron chi connectivity index (χ0n) is 17.7. The van der Waals surface area contributed by atoms with Gasteiger partial charge in [-0.25, -0.2) is 0 Å². The molecule has 1 heterocycles. The largest absolute Gasteiger partial charge is 0.497 e. The molecule has 1 aliphatic heterocycles. The van der Waals surface area contributed by atoms with Crippen LogP contribution >= 0.6 is 0 Å². The van der Waals surface area contributed by atoms with Crippen molar-refractivity contribution in [1.29, 1.82) is 0 Å². The van der Waals surface area contributed by atoms with Crippen molar-refractivity contribution >= 4 is 5.96 Å². The van der Waals surface area contributed by atoms with Gasteiger partial charge in [-0.2, -0.15) is 0 Å². The van der Waals surface area contributed by atoms with Gasteiger partial charge >= 0.3 is 0 Å². The van der Waals surface area contributed by atoms with Crippen LogP contribution in [0.2, 0.25) is 0 Å². The van der Waals surface area contributed by atoms with E-state index in [2.05, 4.69) is 43.2 Å². The first-order valence-corrected chi connectivity index (χ1v) is 9.98. The molecule has 2 N–H and O–H groups in total. The minimum absolute atomic E-state index is 0.427. The van der Waals surface area contributed by atoms with Gasteiger partial charge in [-0.05, 0) is 56.9 Å². The summed E-state index contributed by atoms with van der Waals surface area (Å²) in [6, 6.07) is 6.89. The lowest BCUT2D eigenvalue weighted by atomic mass is 10.1. The van der Waals surface area contributed by atoms with Crippen LogP contribution in [-0.4, -0.2) is 63.3 Å². The van der Waals surface area contributed by atoms with E-state index >= 15 is 0 Å². The molecule has 1 saturated heterocycles. The Labute approximate surface area is 164 Å². The Morgan fingerprint density at radius 2 is 2.04 bits per heavy atom. The van der Waals surface area contributed by atoms with E-state index in [9.17, 15) is 0 Å². The summed E-state index contributed by atoms with van der Waals surface area (Å²) in [4.78, 5) is 7.31. The molecule has 0 aliphatic carbocycles. The first-order valence-electron chi connectivity index (χ1n) is 9.98. The number of nitrogens with one attached hydrogen (secondary N) is 2. The van der Waals surface area contributed by atoms with E-state index in [1.54, 1.807) is 14.2 Å². The molecule has 6 nitrogen and oxygen atoms in total. The number of hydrogen-bond acceptors (Lipinski definition) is 4. The summed E-state index contributed by atoms with van der Waals surface area (Å²) in [5.74, 6) is 3.21. The maximum absolute atomic E-state index is 5.46. The Morgan fingerprint density at radius 3 is 2.63 bits per heavy atom. The van der Waals surface area contributed by atoms with Gasteiger partial charge in [0.25, 0.3) is 0 Å². The molecule has 2 atom stereocenters. The van der Waals surface area contributed by atoms with Crippen molar-refractivity contribution in [3.05, 3.63) is 23.8 Å². The molecule has 152 valence electrons. The van der Waals surface area contributed by atoms with Crippen LogP contribution in [0, 0.1) is 5.92 Å². The highest BCUT2D eigenvalue weighted by Gasteiger charge is 2.31. The molecule has 1 fully saturated rings. The van der Waals surface area contributed by atoms with E-state index in [0.29, 0.717) is 24.5 Å². The molecule has 0 spiro atoms. The van der Waals surface area contributed by atoms with Gasteiger partial charge in [-0.1, -0.05) is 6.92 Å². The van der Waals surface area contributed by atoms with Crippen molar-refractivity contribution in [2.75, 3.05) is 40.4 Å². The van der Waals surface area contributed by atoms with Gasteiger partial charge in [0.1, 0.15) is 11.5 Å². The predicted octanol–water partition coefficient (Wildman–Crippen LogP) is 2.53. The van der Waals surface area contributed by atoms with Crippen LogP contribution in [0.3, 0.4) is 0 Å². The van der Waals surface area contributed by atoms with Gasteiger partial charge in [0.15, 0.2) is 5.96 Å². The summed E-state index contributed by atoms with van der Waals surface area (Å²) in [6.45, 7) is 12.7. The summed E-state index contributed by atoms with van der Waals surface area (Å²) in [5.41, 5.74) is 1.11. The van der Waals surface area contributed by atoms with Crippen molar-refractivity contribution in [3.8, 4) is 11.5 Å². The third-order valence-corrected chi connectivity index (χ3v) is 5.18. The van der Waals surface area contributed by atoms with Crippen LogP contribution in [-0.2, 0) is 6.42 Å². The fourth-order valence-electron chi connectivity index (χ4n) is 3.47. The normalized spacial score (nSPS) is 20.8. The average Bonchev–Trinajstić information content (AvgIpc) is 3.02. The number of nitrogens with zero attached hydrogens (tertiary/aromatic N) is 2. The molecule has 0 bridgehead atoms. The van der Waals surface area contributed by atoms with Gasteiger partial charge in [0.2, 0.25) is 0 Å². The van der Waals surface area contributed by atoms with Gasteiger partial charge in [0, 0.05) is 38.3 Å². The average molecular weight is 377 g/mol. The quantitative estimate of drug-likeness (QED) is 0.539. The zero-order chi connectivity index (χ0) is 19.8. The molecule has 6 heteroatoms. The molecule has 2 unspecified atom stereocenters. The Hall–Kier alpha value is -1.95. The van der Waals surface area contributed by atoms with Crippen LogP contribution < -0.4 is 20.1 Å². The Bertz CT molecular complexity index is 618. The molecule has 1 aliphatic rings. The minimum Gasteiger partial charge on any atom is -0.497 e. The van der Waals surface area contributed by atoms with Gasteiger partial charge in [-0.15, -0.1) is 0 Å². The molecule has 27 heavy (non-hydrogen) atoms. The summed E-state index contributed by atoms with van der Waals surface area (Å²) in [5, 5.41) is 7.01. The first-order chi connectivity index (χ1) is 13.0. The summed E-state index contributed by atoms with van der Waals surface area (Å²) >= 11 is 0. The molecule has 0 radical (unpaired) electrons. The number of hydrogen-bond donors (Lipinski definition) is 2. The fraction of sp³-hybridized carbons (Fsp3) is 0.667. The third kappa shape index (κ3) is 6.03. The molecular weight excluding hydrogens is 340 g/mol. The fourth-order valence-corrected chi connectivity index (χ4v) is 3.47. The van der Waals surface area contributed by atoms with Crippen molar-refractivity contribution in [2.24, 2.45) is 10.9 Å². The summed E-state index contributed by atoms with van der Waals surface area (Å²) in [6.07, 6.45) is 0.801. The number of aliphatic imine (C=N–C) groups is 1. The lowest BCUT2D eigenvalue weighted by molar-refractivity contribution is 0.265. The molecule has 2 rings (SSSR count). The topological polar surface area (TPSA) is 58.1 Å². The van der Waals surface area contributed by atoms with Crippen LogP contribution in [0.4, 0.5) is 0 Å². The smallest absolute Gasteiger partial charge is 0.191 e. The van der Waals surface area contributed by atoms with Gasteiger partial charge in [0.05, 0.1) is 14.2 Å². The van der Waals surface area contributed by atoms with Gasteiger partial charge in [-0.3, -0.25) is 9.89 Å². The molecule has 0 aromatic heterocycles. The van der Waals surface area contributed by atoms with E-state index in [-0.39, 0.29) is 0 Å². The second-order valence-corrected chi connectivity index (χ2v) is 7.46. The second-order valence-electron chi connectivity index (χ2n) is 7.46. The van der Waals surface area contributed by atoms with Crippen LogP contribution in [0.1, 0.15) is 33.3 Å². The first kappa shape index (κ1) is 21.4. The lowest BCUT2D eigenvalue weighted by Gasteiger charge is -2.22. The number of guanidine groups is 1. The van der Waals surface area contributed by atoms with E-state index in [1.165, 1.54) is 0 Å². The predicted molar refractivity (Wildman–Crippen MR) is 112 cm³/mol. The lowest BCUT2D eigenvalue weighted by Crippen LogP contribution is -2.47. The number of rotatable bonds is 8. The van der Waals surface area contributed by atoms with E-state index in [4.69, 9.17) is 14.5 Å². The third-order valence-electron chi connectivity index (χ3n) is 5.18. The van der Waals surface area contributed by atoms with Crippen LogP contribution in [0.15, 0.2) is 23.2 Å². The van der Waals surface area contributed by atoms with Crippen molar-refractivity contribution in [2.45, 2.75) is 46.2 Å². The van der Waals surface area contributed by atoms with Crippen molar-refractivity contribution in [1.82, 2.24) is 15.5 Å². The maximum Gasteiger partial charge on any atom is 0.191 e. The van der Waals surface area contributed by atoms with Crippen LogP contribution in [0.5, 0.6) is 11.5 Å². The van der Waals surface area contributed by atoms with E-state index in [1.807, 2.05) is 18.2 Å². The summed E-state index contributed by atoms with van der Waals surface area (Å²) < 4.78 is 10.8. The molecular formula is C21H36N4O2. The van der Waals surface area contributed by atoms with Gasteiger partial charge < -0.3 is 20.1 Å². The van der Waals surface area contributed by atoms with Crippen molar-refractivity contribution in [3.63, 3.8) is 0 Å². The highest BCUT2D eigenvalue weighted by molar-refractivity contribution is 5.80. The number of methoxy groups -OCH3 is 2. The maximum atomic E-state index is 5.46. The Balaban J connectivity index is 1.99. The highest BCUT2D eigenvalue weighted by Crippen LogP contribution is 2.24. The summed E-state index contributed by atoms with van der Waals surface area (Å²) in [7, 11) is 3.38. The standard InChI is InChI=1S/C21H36N4O2/c1-7-22-21(24-19-14-25(15(2)3)13-16(19)4)23-11-10-17-12-18(26-5)8-9-20(17)27-6/h8-9,12,15-16,19H,7,10-11,13-14H2,1-6H3,(H2,22,23,24). The minimum atomic E-state index is 0.427. The number of ether oxygens (including phenoxy) is 2. The Morgan fingerprint density at radius 1 is 1.26 bits per heavy atom. The highest BCUT2D eigenvalue weighted by atomic mass is 16.5. The zero-order valence-corrected chi connectivity index (χ0v) is 17.7. The molecule has 0 amide bonds. The SMILES string of the molecule is CCNC(=NCCc1cc(OC)ccc1OC)NC1CN(C(C)C)CC1C. The Kier molecular flexibility index (Phi) is 8.23. The number of benzene rings is 1. The molecule has 0 saturated carbocycles. The van der Waals surface area contributed by atoms with Crippen molar-refractivity contribution < 1.29 is 9.47 Å². The number of likely N-dealkylation sites (tertiary alicyclic amines) is 1. The monoisotopic (exact) mass is 376 g/mol. The molecule has 1 aromatic carbocycles. The van der Waals surface area contributed by atoms with E-state index in [0.717, 1.165) is 49.1 Å².